The third-order valence-corrected chi connectivity index (χ3v) is 2.36. The molecule has 2 aromatic rings. The van der Waals surface area contributed by atoms with Gasteiger partial charge in [-0.2, -0.15) is 0 Å². The molecule has 0 radical (unpaired) electrons. The van der Waals surface area contributed by atoms with E-state index in [0.29, 0.717) is 0 Å². The highest BCUT2D eigenvalue weighted by atomic mass is 16.2. The number of aromatic nitrogens is 3. The van der Waals surface area contributed by atoms with Crippen LogP contribution in [0.2, 0.25) is 0 Å². The molecule has 0 bridgehead atoms. The summed E-state index contributed by atoms with van der Waals surface area (Å²) in [6.07, 6.45) is 0. The summed E-state index contributed by atoms with van der Waals surface area (Å²) < 4.78 is 0. The van der Waals surface area contributed by atoms with Crippen LogP contribution in [0, 0.1) is 0 Å². The van der Waals surface area contributed by atoms with Crippen LogP contribution in [0.1, 0.15) is 18.5 Å². The fourth-order valence-electron chi connectivity index (χ4n) is 1.48. The van der Waals surface area contributed by atoms with Crippen molar-refractivity contribution in [2.24, 2.45) is 0 Å². The van der Waals surface area contributed by atoms with E-state index in [1.165, 1.54) is 0 Å². The fraction of sp³-hybridized carbons (Fsp3) is 0.182. The minimum absolute atomic E-state index is 0.0734. The number of nitrogens with one attached hydrogen (secondary N) is 3. The lowest BCUT2D eigenvalue weighted by atomic mass is 10.1. The van der Waals surface area contributed by atoms with E-state index in [2.05, 4.69) is 20.5 Å². The van der Waals surface area contributed by atoms with Crippen LogP contribution in [0.4, 0.5) is 5.82 Å². The number of nitrogens with zero attached hydrogens (tertiary/aromatic N) is 1. The van der Waals surface area contributed by atoms with E-state index in [-0.39, 0.29) is 11.9 Å². The zero-order valence-electron chi connectivity index (χ0n) is 9.23. The van der Waals surface area contributed by atoms with Crippen LogP contribution in [0.25, 0.3) is 0 Å². The molecular formula is C11H12N4O2. The number of hydrogen-bond acceptors (Lipinski definition) is 4. The monoisotopic (exact) mass is 232 g/mol. The molecule has 1 atom stereocenters. The van der Waals surface area contributed by atoms with Crippen LogP contribution < -0.4 is 16.6 Å². The summed E-state index contributed by atoms with van der Waals surface area (Å²) in [5.41, 5.74) is -0.121. The van der Waals surface area contributed by atoms with Crippen LogP contribution in [-0.2, 0) is 0 Å². The van der Waals surface area contributed by atoms with Crippen molar-refractivity contribution in [1.82, 2.24) is 15.2 Å². The van der Waals surface area contributed by atoms with Gasteiger partial charge in [0.05, 0.1) is 6.04 Å². The van der Waals surface area contributed by atoms with Gasteiger partial charge in [0.15, 0.2) is 0 Å². The van der Waals surface area contributed by atoms with Crippen molar-refractivity contribution >= 4 is 5.82 Å². The Kier molecular flexibility index (Phi) is 3.04. The predicted molar refractivity (Wildman–Crippen MR) is 64.0 cm³/mol. The lowest BCUT2D eigenvalue weighted by Crippen LogP contribution is -2.27. The number of hydrogen-bond donors (Lipinski definition) is 3. The number of rotatable bonds is 3. The first kappa shape index (κ1) is 11.1. The van der Waals surface area contributed by atoms with Gasteiger partial charge >= 0.3 is 5.69 Å². The normalized spacial score (nSPS) is 12.1. The Hall–Kier alpha value is -2.37. The molecule has 0 saturated carbocycles. The van der Waals surface area contributed by atoms with Crippen molar-refractivity contribution in [3.05, 3.63) is 56.7 Å². The molecule has 0 spiro atoms. The third kappa shape index (κ3) is 2.60. The van der Waals surface area contributed by atoms with Gasteiger partial charge < -0.3 is 5.32 Å². The number of anilines is 1. The predicted octanol–water partition coefficient (Wildman–Crippen LogP) is 0.631. The standard InChI is InChI=1S/C11H12N4O2/c1-7(8-5-3-2-4-6-8)12-9-10(16)13-11(17)15-14-9/h2-7H,1H3,(H,12,14)(H2,13,15,16,17). The zero-order chi connectivity index (χ0) is 12.3. The summed E-state index contributed by atoms with van der Waals surface area (Å²) in [6, 6.07) is 9.56. The summed E-state index contributed by atoms with van der Waals surface area (Å²) in [6.45, 7) is 1.90. The Morgan fingerprint density at radius 1 is 1.24 bits per heavy atom. The first-order chi connectivity index (χ1) is 8.16. The highest BCUT2D eigenvalue weighted by Crippen LogP contribution is 2.14. The molecule has 2 rings (SSSR count). The van der Waals surface area contributed by atoms with Crippen LogP contribution in [0.5, 0.6) is 0 Å². The van der Waals surface area contributed by atoms with Gasteiger partial charge in [-0.15, -0.1) is 5.10 Å². The average molecular weight is 232 g/mol. The molecular weight excluding hydrogens is 220 g/mol. The fourth-order valence-corrected chi connectivity index (χ4v) is 1.48. The maximum absolute atomic E-state index is 11.4. The number of aromatic amines is 2. The summed E-state index contributed by atoms with van der Waals surface area (Å²) >= 11 is 0. The number of benzene rings is 1. The van der Waals surface area contributed by atoms with E-state index >= 15 is 0 Å². The van der Waals surface area contributed by atoms with Crippen molar-refractivity contribution < 1.29 is 0 Å². The van der Waals surface area contributed by atoms with Crippen molar-refractivity contribution in [3.63, 3.8) is 0 Å². The highest BCUT2D eigenvalue weighted by Gasteiger charge is 2.08. The third-order valence-electron chi connectivity index (χ3n) is 2.36. The molecule has 0 amide bonds. The van der Waals surface area contributed by atoms with Gasteiger partial charge in [-0.1, -0.05) is 30.3 Å². The van der Waals surface area contributed by atoms with E-state index in [4.69, 9.17) is 0 Å². The summed E-state index contributed by atoms with van der Waals surface area (Å²) in [5.74, 6) is 0.0981. The second kappa shape index (κ2) is 4.65. The molecule has 88 valence electrons. The van der Waals surface area contributed by atoms with Gasteiger partial charge in [-0.25, -0.2) is 9.89 Å². The van der Waals surface area contributed by atoms with Crippen LogP contribution >= 0.6 is 0 Å². The van der Waals surface area contributed by atoms with Crippen LogP contribution in [0.15, 0.2) is 39.9 Å². The van der Waals surface area contributed by atoms with Gasteiger partial charge in [0.25, 0.3) is 5.56 Å². The largest absolute Gasteiger partial charge is 0.358 e. The van der Waals surface area contributed by atoms with Crippen LogP contribution in [0.3, 0.4) is 0 Å². The molecule has 1 heterocycles. The summed E-state index contributed by atoms with van der Waals surface area (Å²) in [5, 5.41) is 8.75. The lowest BCUT2D eigenvalue weighted by Gasteiger charge is -2.13. The maximum atomic E-state index is 11.4. The van der Waals surface area contributed by atoms with Gasteiger partial charge in [0, 0.05) is 0 Å². The molecule has 0 aliphatic heterocycles. The maximum Gasteiger partial charge on any atom is 0.342 e. The lowest BCUT2D eigenvalue weighted by molar-refractivity contribution is 0.826. The SMILES string of the molecule is CC(Nc1n[nH]c(=O)[nH]c1=O)c1ccccc1. The van der Waals surface area contributed by atoms with Gasteiger partial charge in [0.2, 0.25) is 5.82 Å². The highest BCUT2D eigenvalue weighted by molar-refractivity contribution is 5.34. The topological polar surface area (TPSA) is 90.6 Å². The van der Waals surface area contributed by atoms with E-state index in [1.807, 2.05) is 37.3 Å². The Balaban J connectivity index is 2.22. The minimum Gasteiger partial charge on any atom is -0.358 e. The van der Waals surface area contributed by atoms with Crippen molar-refractivity contribution in [2.75, 3.05) is 5.32 Å². The smallest absolute Gasteiger partial charge is 0.342 e. The molecule has 17 heavy (non-hydrogen) atoms. The van der Waals surface area contributed by atoms with Crippen LogP contribution in [-0.4, -0.2) is 15.2 Å². The van der Waals surface area contributed by atoms with E-state index < -0.39 is 11.2 Å². The molecule has 0 fully saturated rings. The molecule has 0 aliphatic carbocycles. The Morgan fingerprint density at radius 3 is 2.59 bits per heavy atom. The molecule has 6 nitrogen and oxygen atoms in total. The minimum atomic E-state index is -0.618. The van der Waals surface area contributed by atoms with Crippen molar-refractivity contribution in [1.29, 1.82) is 0 Å². The molecule has 1 unspecified atom stereocenters. The molecule has 3 N–H and O–H groups in total. The van der Waals surface area contributed by atoms with E-state index in [0.717, 1.165) is 5.56 Å². The average Bonchev–Trinajstić information content (AvgIpc) is 2.34. The summed E-state index contributed by atoms with van der Waals surface area (Å²) in [4.78, 5) is 24.3. The second-order valence-electron chi connectivity index (χ2n) is 3.63. The zero-order valence-corrected chi connectivity index (χ0v) is 9.23. The van der Waals surface area contributed by atoms with E-state index in [9.17, 15) is 9.59 Å². The van der Waals surface area contributed by atoms with E-state index in [1.54, 1.807) is 0 Å². The number of H-pyrrole nitrogens is 2. The van der Waals surface area contributed by atoms with Gasteiger partial charge in [-0.05, 0) is 12.5 Å². The molecule has 1 aromatic carbocycles. The molecule has 0 aliphatic rings. The molecule has 6 heteroatoms. The van der Waals surface area contributed by atoms with Gasteiger partial charge in [0.1, 0.15) is 0 Å². The van der Waals surface area contributed by atoms with Gasteiger partial charge in [-0.3, -0.25) is 9.78 Å². The quantitative estimate of drug-likeness (QED) is 0.724. The van der Waals surface area contributed by atoms with Crippen molar-refractivity contribution in [2.45, 2.75) is 13.0 Å². The second-order valence-corrected chi connectivity index (χ2v) is 3.63. The molecule has 0 saturated heterocycles. The first-order valence-corrected chi connectivity index (χ1v) is 5.17. The summed E-state index contributed by atoms with van der Waals surface area (Å²) in [7, 11) is 0. The Bertz CT molecular complexity index is 603. The molecule has 1 aromatic heterocycles. The Morgan fingerprint density at radius 2 is 1.94 bits per heavy atom. The Labute approximate surface area is 96.7 Å². The first-order valence-electron chi connectivity index (χ1n) is 5.17. The van der Waals surface area contributed by atoms with Crippen molar-refractivity contribution in [3.8, 4) is 0 Å².